The largest absolute Gasteiger partial charge is 0.321 e. The summed E-state index contributed by atoms with van der Waals surface area (Å²) in [5, 5.41) is 2.35. The lowest BCUT2D eigenvalue weighted by Gasteiger charge is -2.10. The van der Waals surface area contributed by atoms with Gasteiger partial charge in [0.2, 0.25) is 0 Å². The molecule has 108 valence electrons. The highest BCUT2D eigenvalue weighted by atomic mass is 79.9. The third-order valence-electron chi connectivity index (χ3n) is 2.79. The van der Waals surface area contributed by atoms with E-state index in [1.54, 1.807) is 12.1 Å². The van der Waals surface area contributed by atoms with Gasteiger partial charge in [0.05, 0.1) is 5.69 Å². The lowest BCUT2D eigenvalue weighted by molar-refractivity contribution is 0.101. The summed E-state index contributed by atoms with van der Waals surface area (Å²) in [6, 6.07) is 8.24. The molecule has 2 rings (SSSR count). The predicted molar refractivity (Wildman–Crippen MR) is 78.5 cm³/mol. The van der Waals surface area contributed by atoms with E-state index in [9.17, 15) is 18.4 Å². The summed E-state index contributed by atoms with van der Waals surface area (Å²) in [7, 11) is 0. The van der Waals surface area contributed by atoms with Gasteiger partial charge >= 0.3 is 0 Å². The van der Waals surface area contributed by atoms with Gasteiger partial charge in [0.25, 0.3) is 5.91 Å². The SMILES string of the molecule is CC(=O)c1ccccc1NC(=O)c1c(F)cc(Br)cc1F. The summed E-state index contributed by atoms with van der Waals surface area (Å²) < 4.78 is 27.6. The van der Waals surface area contributed by atoms with Gasteiger partial charge in [-0.25, -0.2) is 8.78 Å². The Hall–Kier alpha value is -2.08. The second-order valence-corrected chi connectivity index (χ2v) is 5.22. The van der Waals surface area contributed by atoms with Crippen LogP contribution in [-0.2, 0) is 0 Å². The van der Waals surface area contributed by atoms with E-state index in [0.717, 1.165) is 12.1 Å². The van der Waals surface area contributed by atoms with E-state index < -0.39 is 23.1 Å². The van der Waals surface area contributed by atoms with Crippen LogP contribution in [0.2, 0.25) is 0 Å². The second-order valence-electron chi connectivity index (χ2n) is 4.30. The summed E-state index contributed by atoms with van der Waals surface area (Å²) in [6.45, 7) is 1.34. The number of anilines is 1. The standard InChI is InChI=1S/C15H10BrF2NO2/c1-8(20)10-4-2-3-5-13(10)19-15(21)14-11(17)6-9(16)7-12(14)18/h2-7H,1H3,(H,19,21). The number of Topliss-reactive ketones (excluding diaryl/α,β-unsaturated/α-hetero) is 1. The molecule has 0 aliphatic carbocycles. The molecule has 3 nitrogen and oxygen atoms in total. The minimum Gasteiger partial charge on any atom is -0.321 e. The van der Waals surface area contributed by atoms with Gasteiger partial charge in [0.1, 0.15) is 17.2 Å². The van der Waals surface area contributed by atoms with E-state index >= 15 is 0 Å². The Labute approximate surface area is 128 Å². The molecule has 0 spiro atoms. The van der Waals surface area contributed by atoms with Gasteiger partial charge in [-0.3, -0.25) is 9.59 Å². The Bertz CT molecular complexity index is 708. The zero-order valence-corrected chi connectivity index (χ0v) is 12.5. The van der Waals surface area contributed by atoms with Crippen LogP contribution in [0.1, 0.15) is 27.6 Å². The number of hydrogen-bond donors (Lipinski definition) is 1. The Kier molecular flexibility index (Phi) is 4.47. The Balaban J connectivity index is 2.38. The normalized spacial score (nSPS) is 10.3. The third-order valence-corrected chi connectivity index (χ3v) is 3.25. The van der Waals surface area contributed by atoms with Crippen molar-refractivity contribution in [2.24, 2.45) is 0 Å². The third kappa shape index (κ3) is 3.33. The van der Waals surface area contributed by atoms with E-state index in [2.05, 4.69) is 21.2 Å². The highest BCUT2D eigenvalue weighted by molar-refractivity contribution is 9.10. The first-order valence-corrected chi connectivity index (χ1v) is 6.75. The molecule has 0 bridgehead atoms. The van der Waals surface area contributed by atoms with Gasteiger partial charge in [-0.05, 0) is 31.2 Å². The second kappa shape index (κ2) is 6.13. The van der Waals surface area contributed by atoms with Crippen LogP contribution in [0.5, 0.6) is 0 Å². The molecule has 0 aromatic heterocycles. The summed E-state index contributed by atoms with van der Waals surface area (Å²) in [5.41, 5.74) is -0.225. The molecular weight excluding hydrogens is 344 g/mol. The van der Waals surface area contributed by atoms with E-state index in [0.29, 0.717) is 0 Å². The minimum atomic E-state index is -0.986. The molecule has 0 heterocycles. The zero-order valence-electron chi connectivity index (χ0n) is 10.9. The van der Waals surface area contributed by atoms with Crippen LogP contribution in [0.3, 0.4) is 0 Å². The number of ketones is 1. The lowest BCUT2D eigenvalue weighted by atomic mass is 10.1. The minimum absolute atomic E-state index is 0.193. The molecule has 0 atom stereocenters. The smallest absolute Gasteiger partial charge is 0.261 e. The predicted octanol–water partition coefficient (Wildman–Crippen LogP) is 4.18. The Morgan fingerprint density at radius 1 is 1.10 bits per heavy atom. The van der Waals surface area contributed by atoms with E-state index in [1.807, 2.05) is 0 Å². The molecule has 1 N–H and O–H groups in total. The van der Waals surface area contributed by atoms with Gasteiger partial charge in [0, 0.05) is 10.0 Å². The first-order valence-electron chi connectivity index (χ1n) is 5.96. The number of rotatable bonds is 3. The van der Waals surface area contributed by atoms with E-state index in [1.165, 1.54) is 19.1 Å². The highest BCUT2D eigenvalue weighted by Gasteiger charge is 2.19. The van der Waals surface area contributed by atoms with Gasteiger partial charge in [-0.15, -0.1) is 0 Å². The van der Waals surface area contributed by atoms with Crippen molar-refractivity contribution >= 4 is 33.3 Å². The first kappa shape index (κ1) is 15.3. The summed E-state index contributed by atoms with van der Waals surface area (Å²) in [5.74, 6) is -3.19. The monoisotopic (exact) mass is 353 g/mol. The molecule has 0 saturated heterocycles. The number of amides is 1. The topological polar surface area (TPSA) is 46.2 Å². The molecule has 0 saturated carbocycles. The van der Waals surface area contributed by atoms with Crippen LogP contribution >= 0.6 is 15.9 Å². The molecule has 21 heavy (non-hydrogen) atoms. The molecule has 0 aliphatic heterocycles. The van der Waals surface area contributed by atoms with Crippen molar-refractivity contribution in [3.05, 3.63) is 63.6 Å². The van der Waals surface area contributed by atoms with Crippen LogP contribution in [0.15, 0.2) is 40.9 Å². The van der Waals surface area contributed by atoms with Crippen molar-refractivity contribution in [2.45, 2.75) is 6.92 Å². The number of hydrogen-bond acceptors (Lipinski definition) is 2. The quantitative estimate of drug-likeness (QED) is 0.841. The molecular formula is C15H10BrF2NO2. The number of carbonyl (C=O) groups excluding carboxylic acids is 2. The molecule has 1 amide bonds. The van der Waals surface area contributed by atoms with Gasteiger partial charge in [0.15, 0.2) is 5.78 Å². The number of carbonyl (C=O) groups is 2. The maximum atomic E-state index is 13.7. The maximum absolute atomic E-state index is 13.7. The van der Waals surface area contributed by atoms with Crippen molar-refractivity contribution in [2.75, 3.05) is 5.32 Å². The van der Waals surface area contributed by atoms with Gasteiger partial charge in [-0.1, -0.05) is 28.1 Å². The molecule has 2 aromatic rings. The molecule has 0 unspecified atom stereocenters. The van der Waals surface area contributed by atoms with E-state index in [4.69, 9.17) is 0 Å². The van der Waals surface area contributed by atoms with Crippen LogP contribution in [0.4, 0.5) is 14.5 Å². The van der Waals surface area contributed by atoms with Crippen molar-refractivity contribution in [1.82, 2.24) is 0 Å². The summed E-state index contributed by atoms with van der Waals surface area (Å²) >= 11 is 2.94. The maximum Gasteiger partial charge on any atom is 0.261 e. The molecule has 0 fully saturated rings. The highest BCUT2D eigenvalue weighted by Crippen LogP contribution is 2.22. The molecule has 2 aromatic carbocycles. The van der Waals surface area contributed by atoms with Crippen molar-refractivity contribution in [3.8, 4) is 0 Å². The fourth-order valence-corrected chi connectivity index (χ4v) is 2.25. The number of halogens is 3. The van der Waals surface area contributed by atoms with E-state index in [-0.39, 0.29) is 21.5 Å². The van der Waals surface area contributed by atoms with Gasteiger partial charge < -0.3 is 5.32 Å². The zero-order chi connectivity index (χ0) is 15.6. The molecule has 0 aliphatic rings. The number of nitrogens with one attached hydrogen (secondary N) is 1. The summed E-state index contributed by atoms with van der Waals surface area (Å²) in [4.78, 5) is 23.5. The fraction of sp³-hybridized carbons (Fsp3) is 0.0667. The first-order chi connectivity index (χ1) is 9.90. The summed E-state index contributed by atoms with van der Waals surface area (Å²) in [6.07, 6.45) is 0. The van der Waals surface area contributed by atoms with Crippen molar-refractivity contribution < 1.29 is 18.4 Å². The fourth-order valence-electron chi connectivity index (χ4n) is 1.84. The van der Waals surface area contributed by atoms with Crippen LogP contribution in [0.25, 0.3) is 0 Å². The van der Waals surface area contributed by atoms with Crippen LogP contribution in [0, 0.1) is 11.6 Å². The number of para-hydroxylation sites is 1. The van der Waals surface area contributed by atoms with Crippen molar-refractivity contribution in [3.63, 3.8) is 0 Å². The van der Waals surface area contributed by atoms with Gasteiger partial charge in [-0.2, -0.15) is 0 Å². The van der Waals surface area contributed by atoms with Crippen LogP contribution in [-0.4, -0.2) is 11.7 Å². The Morgan fingerprint density at radius 2 is 1.67 bits per heavy atom. The average molecular weight is 354 g/mol. The lowest BCUT2D eigenvalue weighted by Crippen LogP contribution is -2.17. The molecule has 6 heteroatoms. The van der Waals surface area contributed by atoms with Crippen LogP contribution < -0.4 is 5.32 Å². The van der Waals surface area contributed by atoms with Crippen molar-refractivity contribution in [1.29, 1.82) is 0 Å². The number of benzene rings is 2. The Morgan fingerprint density at radius 3 is 2.24 bits per heavy atom. The average Bonchev–Trinajstić information content (AvgIpc) is 2.37. The molecule has 0 radical (unpaired) electrons.